The van der Waals surface area contributed by atoms with Gasteiger partial charge in [0, 0.05) is 29.3 Å². The molecule has 162 valence electrons. The number of nitrogens with one attached hydrogen (secondary N) is 1. The number of amides is 1. The Balaban J connectivity index is 1.47. The largest absolute Gasteiger partial charge is 0.454 e. The number of rotatable bonds is 5. The lowest BCUT2D eigenvalue weighted by atomic mass is 10.1. The van der Waals surface area contributed by atoms with E-state index in [9.17, 15) is 18.0 Å². The Labute approximate surface area is 180 Å². The van der Waals surface area contributed by atoms with Crippen molar-refractivity contribution < 1.29 is 27.5 Å². The number of sulfonamides is 1. The van der Waals surface area contributed by atoms with E-state index < -0.39 is 10.0 Å². The molecule has 1 aliphatic carbocycles. The smallest absolute Gasteiger partial charge is 0.261 e. The van der Waals surface area contributed by atoms with Crippen molar-refractivity contribution in [2.45, 2.75) is 44.0 Å². The SMILES string of the molecule is CC(=O)c1cc2c(cc1NS(=O)(=O)c1ccc3c(c1)C[C@@H](C)N3C(=O)C1CC1)OCO2. The third-order valence-electron chi connectivity index (χ3n) is 5.88. The van der Waals surface area contributed by atoms with Crippen molar-refractivity contribution in [2.75, 3.05) is 16.4 Å². The van der Waals surface area contributed by atoms with Crippen LogP contribution in [0.25, 0.3) is 0 Å². The molecule has 0 saturated heterocycles. The van der Waals surface area contributed by atoms with Gasteiger partial charge in [-0.3, -0.25) is 14.3 Å². The maximum absolute atomic E-state index is 13.1. The van der Waals surface area contributed by atoms with Gasteiger partial charge in [-0.2, -0.15) is 0 Å². The second-order valence-corrected chi connectivity index (χ2v) is 9.92. The lowest BCUT2D eigenvalue weighted by Gasteiger charge is -2.22. The summed E-state index contributed by atoms with van der Waals surface area (Å²) in [5, 5.41) is 0. The summed E-state index contributed by atoms with van der Waals surface area (Å²) in [4.78, 5) is 26.6. The maximum atomic E-state index is 13.1. The molecule has 31 heavy (non-hydrogen) atoms. The standard InChI is InChI=1S/C22H22N2O6S/c1-12-7-15-8-16(5-6-19(15)24(12)22(26)14-3-4-14)31(27,28)23-18-10-21-20(29-11-30-21)9-17(18)13(2)25/h5-6,8-10,12,14,23H,3-4,7,11H2,1-2H3/t12-/m1/s1. The third-order valence-corrected chi connectivity index (χ3v) is 7.24. The van der Waals surface area contributed by atoms with Crippen LogP contribution in [0.4, 0.5) is 11.4 Å². The van der Waals surface area contributed by atoms with Gasteiger partial charge in [0.2, 0.25) is 12.7 Å². The number of ketones is 1. The van der Waals surface area contributed by atoms with Gasteiger partial charge >= 0.3 is 0 Å². The summed E-state index contributed by atoms with van der Waals surface area (Å²) in [7, 11) is -3.97. The molecule has 8 nitrogen and oxygen atoms in total. The molecule has 1 atom stereocenters. The number of carbonyl (C=O) groups excluding carboxylic acids is 2. The van der Waals surface area contributed by atoms with Gasteiger partial charge in [0.05, 0.1) is 10.6 Å². The second kappa shape index (κ2) is 6.98. The van der Waals surface area contributed by atoms with Crippen LogP contribution >= 0.6 is 0 Å². The van der Waals surface area contributed by atoms with E-state index in [4.69, 9.17) is 9.47 Å². The van der Waals surface area contributed by atoms with Gasteiger partial charge in [-0.1, -0.05) is 0 Å². The Kier molecular flexibility index (Phi) is 4.47. The quantitative estimate of drug-likeness (QED) is 0.714. The molecule has 1 fully saturated rings. The van der Waals surface area contributed by atoms with Crippen LogP contribution in [0, 0.1) is 5.92 Å². The first-order chi connectivity index (χ1) is 14.7. The number of fused-ring (bicyclic) bond motifs is 2. The molecule has 0 spiro atoms. The highest BCUT2D eigenvalue weighted by Gasteiger charge is 2.39. The highest BCUT2D eigenvalue weighted by Crippen LogP contribution is 2.41. The fraction of sp³-hybridized carbons (Fsp3) is 0.364. The van der Waals surface area contributed by atoms with Crippen molar-refractivity contribution >= 4 is 33.1 Å². The maximum Gasteiger partial charge on any atom is 0.261 e. The Bertz CT molecular complexity index is 1220. The number of hydrogen-bond acceptors (Lipinski definition) is 6. The van der Waals surface area contributed by atoms with Crippen LogP contribution in [0.15, 0.2) is 35.2 Å². The van der Waals surface area contributed by atoms with E-state index in [1.807, 2.05) is 6.92 Å². The molecular weight excluding hydrogens is 420 g/mol. The Hall–Kier alpha value is -3.07. The normalized spacial score (nSPS) is 19.3. The van der Waals surface area contributed by atoms with Crippen LogP contribution in [0.1, 0.15) is 42.6 Å². The van der Waals surface area contributed by atoms with Crippen LogP contribution in [-0.2, 0) is 21.2 Å². The molecule has 0 unspecified atom stereocenters. The molecule has 0 bridgehead atoms. The highest BCUT2D eigenvalue weighted by molar-refractivity contribution is 7.92. The second-order valence-electron chi connectivity index (χ2n) is 8.24. The van der Waals surface area contributed by atoms with Crippen molar-refractivity contribution in [3.05, 3.63) is 41.5 Å². The summed E-state index contributed by atoms with van der Waals surface area (Å²) in [5.41, 5.74) is 1.93. The number of Topliss-reactive ketones (excluding diaryl/α,β-unsaturated/α-hetero) is 1. The molecule has 1 saturated carbocycles. The van der Waals surface area contributed by atoms with Crippen LogP contribution < -0.4 is 19.1 Å². The molecule has 0 radical (unpaired) electrons. The third kappa shape index (κ3) is 3.42. The predicted molar refractivity (Wildman–Crippen MR) is 113 cm³/mol. The van der Waals surface area contributed by atoms with Crippen molar-refractivity contribution in [3.8, 4) is 11.5 Å². The topological polar surface area (TPSA) is 102 Å². The number of nitrogens with zero attached hydrogens (tertiary/aromatic N) is 1. The lowest BCUT2D eigenvalue weighted by molar-refractivity contribution is -0.120. The van der Waals surface area contributed by atoms with Crippen molar-refractivity contribution in [1.82, 2.24) is 0 Å². The number of benzene rings is 2. The Morgan fingerprint density at radius 1 is 1.10 bits per heavy atom. The average Bonchev–Trinajstić information content (AvgIpc) is 3.37. The molecule has 1 N–H and O–H groups in total. The first kappa shape index (κ1) is 19.9. The molecule has 0 aromatic heterocycles. The molecule has 9 heteroatoms. The fourth-order valence-electron chi connectivity index (χ4n) is 4.16. The monoisotopic (exact) mass is 442 g/mol. The number of carbonyl (C=O) groups is 2. The average molecular weight is 442 g/mol. The molecule has 3 aliphatic rings. The highest BCUT2D eigenvalue weighted by atomic mass is 32.2. The van der Waals surface area contributed by atoms with Gasteiger partial charge in [-0.05, 0) is 62.9 Å². The van der Waals surface area contributed by atoms with Crippen molar-refractivity contribution in [2.24, 2.45) is 5.92 Å². The van der Waals surface area contributed by atoms with Gasteiger partial charge in [-0.25, -0.2) is 8.42 Å². The summed E-state index contributed by atoms with van der Waals surface area (Å²) in [6, 6.07) is 7.73. The van der Waals surface area contributed by atoms with E-state index in [1.54, 1.807) is 17.0 Å². The number of ether oxygens (including phenoxy) is 2. The Morgan fingerprint density at radius 2 is 1.81 bits per heavy atom. The van der Waals surface area contributed by atoms with Crippen LogP contribution in [0.2, 0.25) is 0 Å². The summed E-state index contributed by atoms with van der Waals surface area (Å²) in [5.74, 6) is 0.689. The number of anilines is 2. The van der Waals surface area contributed by atoms with Gasteiger partial charge in [0.1, 0.15) is 0 Å². The zero-order valence-corrected chi connectivity index (χ0v) is 18.0. The van der Waals surface area contributed by atoms with E-state index in [0.717, 1.165) is 24.1 Å². The summed E-state index contributed by atoms with van der Waals surface area (Å²) in [6.45, 7) is 3.35. The first-order valence-electron chi connectivity index (χ1n) is 10.2. The van der Waals surface area contributed by atoms with Crippen molar-refractivity contribution in [1.29, 1.82) is 0 Å². The first-order valence-corrected chi connectivity index (χ1v) is 11.7. The fourth-order valence-corrected chi connectivity index (χ4v) is 5.28. The molecule has 2 aromatic carbocycles. The zero-order chi connectivity index (χ0) is 21.9. The molecule has 5 rings (SSSR count). The summed E-state index contributed by atoms with van der Waals surface area (Å²) in [6.07, 6.45) is 2.43. The minimum atomic E-state index is -3.97. The van der Waals surface area contributed by atoms with Gasteiger partial charge in [-0.15, -0.1) is 0 Å². The molecule has 1 amide bonds. The van der Waals surface area contributed by atoms with E-state index in [0.29, 0.717) is 17.9 Å². The van der Waals surface area contributed by atoms with E-state index in [2.05, 4.69) is 4.72 Å². The van der Waals surface area contributed by atoms with Crippen LogP contribution in [-0.4, -0.2) is 32.9 Å². The predicted octanol–water partition coefficient (Wildman–Crippen LogP) is 3.11. The Morgan fingerprint density at radius 3 is 2.48 bits per heavy atom. The summed E-state index contributed by atoms with van der Waals surface area (Å²) >= 11 is 0. The lowest BCUT2D eigenvalue weighted by Crippen LogP contribution is -2.36. The number of hydrogen-bond donors (Lipinski definition) is 1. The van der Waals surface area contributed by atoms with Crippen molar-refractivity contribution in [3.63, 3.8) is 0 Å². The molecular formula is C22H22N2O6S. The minimum Gasteiger partial charge on any atom is -0.454 e. The zero-order valence-electron chi connectivity index (χ0n) is 17.2. The van der Waals surface area contributed by atoms with Gasteiger partial charge in [0.15, 0.2) is 17.3 Å². The van der Waals surface area contributed by atoms with Gasteiger partial charge < -0.3 is 14.4 Å². The summed E-state index contributed by atoms with van der Waals surface area (Å²) < 4.78 is 39.4. The van der Waals surface area contributed by atoms with E-state index >= 15 is 0 Å². The molecule has 2 heterocycles. The van der Waals surface area contributed by atoms with E-state index in [1.165, 1.54) is 25.1 Å². The molecule has 2 aliphatic heterocycles. The van der Waals surface area contributed by atoms with Crippen LogP contribution in [0.3, 0.4) is 0 Å². The van der Waals surface area contributed by atoms with Crippen LogP contribution in [0.5, 0.6) is 11.5 Å². The van der Waals surface area contributed by atoms with E-state index in [-0.39, 0.29) is 46.6 Å². The minimum absolute atomic E-state index is 0.00723. The molecule has 2 aromatic rings. The van der Waals surface area contributed by atoms with Gasteiger partial charge in [0.25, 0.3) is 10.0 Å².